The second kappa shape index (κ2) is 4.98. The molecule has 0 saturated carbocycles. The summed E-state index contributed by atoms with van der Waals surface area (Å²) in [5.74, 6) is 1.47. The van der Waals surface area contributed by atoms with Crippen LogP contribution in [0.15, 0.2) is 18.2 Å². The molecule has 3 rings (SSSR count). The van der Waals surface area contributed by atoms with Gasteiger partial charge in [-0.1, -0.05) is 12.2 Å². The maximum absolute atomic E-state index is 12.0. The second-order valence-corrected chi connectivity index (χ2v) is 6.17. The molecule has 0 spiro atoms. The number of carbonyl (C=O) groups is 1. The summed E-state index contributed by atoms with van der Waals surface area (Å²) in [5.41, 5.74) is 1.55. The average molecular weight is 289 g/mol. The third-order valence-electron chi connectivity index (χ3n) is 3.31. The standard InChI is InChI=1S/C16H19NO4/c1-16(2,3)21-15(18)17-12-6-4-5-10-7-13-14(8-11(10)12)20-9-19-13/h4-5,7-8,12H,6,9H2,1-3H3,(H,17,18)/t12-/m1/s1. The Bertz CT molecular complexity index is 601. The molecule has 2 aliphatic rings. The summed E-state index contributed by atoms with van der Waals surface area (Å²) in [6.07, 6.45) is 4.38. The lowest BCUT2D eigenvalue weighted by molar-refractivity contribution is 0.0503. The van der Waals surface area contributed by atoms with Gasteiger partial charge in [-0.15, -0.1) is 0 Å². The smallest absolute Gasteiger partial charge is 0.408 e. The van der Waals surface area contributed by atoms with Gasteiger partial charge < -0.3 is 19.5 Å². The van der Waals surface area contributed by atoms with Gasteiger partial charge >= 0.3 is 6.09 Å². The number of fused-ring (bicyclic) bond motifs is 2. The number of alkyl carbamates (subject to hydrolysis) is 1. The van der Waals surface area contributed by atoms with Crippen LogP contribution in [0.5, 0.6) is 11.5 Å². The minimum Gasteiger partial charge on any atom is -0.454 e. The molecule has 0 bridgehead atoms. The molecule has 0 radical (unpaired) electrons. The van der Waals surface area contributed by atoms with Crippen LogP contribution < -0.4 is 14.8 Å². The maximum Gasteiger partial charge on any atom is 0.408 e. The molecule has 0 unspecified atom stereocenters. The Labute approximate surface area is 123 Å². The van der Waals surface area contributed by atoms with Gasteiger partial charge in [0.05, 0.1) is 6.04 Å². The number of ether oxygens (including phenoxy) is 3. The molecule has 1 heterocycles. The van der Waals surface area contributed by atoms with Gasteiger partial charge in [0.25, 0.3) is 0 Å². The van der Waals surface area contributed by atoms with E-state index >= 15 is 0 Å². The van der Waals surface area contributed by atoms with Crippen LogP contribution in [0.25, 0.3) is 6.08 Å². The summed E-state index contributed by atoms with van der Waals surface area (Å²) in [5, 5.41) is 2.91. The fraction of sp³-hybridized carbons (Fsp3) is 0.438. The first kappa shape index (κ1) is 13.8. The molecule has 112 valence electrons. The summed E-state index contributed by atoms with van der Waals surface area (Å²) in [6.45, 7) is 5.78. The fourth-order valence-corrected chi connectivity index (χ4v) is 2.46. The third-order valence-corrected chi connectivity index (χ3v) is 3.31. The largest absolute Gasteiger partial charge is 0.454 e. The second-order valence-electron chi connectivity index (χ2n) is 6.17. The van der Waals surface area contributed by atoms with Crippen molar-refractivity contribution in [2.75, 3.05) is 6.79 Å². The molecular weight excluding hydrogens is 270 g/mol. The van der Waals surface area contributed by atoms with E-state index in [1.165, 1.54) is 0 Å². The van der Waals surface area contributed by atoms with Crippen LogP contribution in [0.3, 0.4) is 0 Å². The van der Waals surface area contributed by atoms with E-state index in [1.807, 2.05) is 45.1 Å². The highest BCUT2D eigenvalue weighted by Crippen LogP contribution is 2.39. The highest BCUT2D eigenvalue weighted by Gasteiger charge is 2.25. The van der Waals surface area contributed by atoms with E-state index < -0.39 is 11.7 Å². The summed E-state index contributed by atoms with van der Waals surface area (Å²) in [4.78, 5) is 12.0. The lowest BCUT2D eigenvalue weighted by Gasteiger charge is -2.26. The number of rotatable bonds is 1. The Morgan fingerprint density at radius 2 is 2.00 bits per heavy atom. The SMILES string of the molecule is CC(C)(C)OC(=O)N[C@@H]1CC=Cc2cc3c(cc21)OCO3. The van der Waals surface area contributed by atoms with Crippen LogP contribution >= 0.6 is 0 Å². The lowest BCUT2D eigenvalue weighted by atomic mass is 9.92. The van der Waals surface area contributed by atoms with Crippen LogP contribution in [0.1, 0.15) is 44.4 Å². The number of nitrogens with one attached hydrogen (secondary N) is 1. The zero-order valence-corrected chi connectivity index (χ0v) is 12.4. The molecule has 0 aromatic heterocycles. The molecule has 1 amide bonds. The normalized spacial score (nSPS) is 19.1. The van der Waals surface area contributed by atoms with Crippen LogP contribution in [0, 0.1) is 0 Å². The molecule has 21 heavy (non-hydrogen) atoms. The summed E-state index contributed by atoms with van der Waals surface area (Å²) in [7, 11) is 0. The van der Waals surface area contributed by atoms with E-state index in [0.29, 0.717) is 0 Å². The molecule has 1 aliphatic heterocycles. The monoisotopic (exact) mass is 289 g/mol. The van der Waals surface area contributed by atoms with Crippen LogP contribution in [-0.4, -0.2) is 18.5 Å². The van der Waals surface area contributed by atoms with Gasteiger partial charge in [-0.25, -0.2) is 4.79 Å². The molecule has 1 N–H and O–H groups in total. The Morgan fingerprint density at radius 1 is 1.29 bits per heavy atom. The van der Waals surface area contributed by atoms with E-state index in [9.17, 15) is 4.79 Å². The van der Waals surface area contributed by atoms with Crippen molar-refractivity contribution in [2.45, 2.75) is 38.8 Å². The van der Waals surface area contributed by atoms with Crippen molar-refractivity contribution < 1.29 is 19.0 Å². The number of amides is 1. The molecule has 0 fully saturated rings. The number of hydrogen-bond acceptors (Lipinski definition) is 4. The summed E-state index contributed by atoms with van der Waals surface area (Å²) < 4.78 is 16.1. The third kappa shape index (κ3) is 2.96. The Kier molecular flexibility index (Phi) is 3.27. The van der Waals surface area contributed by atoms with Gasteiger partial charge in [0.1, 0.15) is 5.60 Å². The quantitative estimate of drug-likeness (QED) is 0.861. The van der Waals surface area contributed by atoms with Gasteiger partial charge in [0.15, 0.2) is 11.5 Å². The van der Waals surface area contributed by atoms with E-state index in [1.54, 1.807) is 0 Å². The van der Waals surface area contributed by atoms with Crippen molar-refractivity contribution in [3.05, 3.63) is 29.3 Å². The fourth-order valence-electron chi connectivity index (χ4n) is 2.46. The van der Waals surface area contributed by atoms with Gasteiger partial charge in [-0.3, -0.25) is 0 Å². The predicted molar refractivity (Wildman–Crippen MR) is 78.3 cm³/mol. The lowest BCUT2D eigenvalue weighted by Crippen LogP contribution is -2.35. The van der Waals surface area contributed by atoms with Crippen LogP contribution in [-0.2, 0) is 4.74 Å². The number of benzene rings is 1. The van der Waals surface area contributed by atoms with Crippen molar-refractivity contribution >= 4 is 12.2 Å². The molecule has 1 aromatic carbocycles. The summed E-state index contributed by atoms with van der Waals surface area (Å²) in [6, 6.07) is 3.76. The Morgan fingerprint density at radius 3 is 2.71 bits per heavy atom. The highest BCUT2D eigenvalue weighted by molar-refractivity contribution is 5.70. The van der Waals surface area contributed by atoms with Gasteiger partial charge in [0, 0.05) is 0 Å². The van der Waals surface area contributed by atoms with E-state index in [0.717, 1.165) is 29.0 Å². The average Bonchev–Trinajstić information content (AvgIpc) is 2.81. The maximum atomic E-state index is 12.0. The van der Waals surface area contributed by atoms with Gasteiger partial charge in [-0.2, -0.15) is 0 Å². The highest BCUT2D eigenvalue weighted by atomic mass is 16.7. The van der Waals surface area contributed by atoms with Crippen molar-refractivity contribution in [1.29, 1.82) is 0 Å². The molecule has 5 heteroatoms. The minimum absolute atomic E-state index is 0.116. The Hall–Kier alpha value is -2.17. The van der Waals surface area contributed by atoms with Crippen molar-refractivity contribution in [3.8, 4) is 11.5 Å². The molecule has 0 saturated heterocycles. The summed E-state index contributed by atoms with van der Waals surface area (Å²) >= 11 is 0. The van der Waals surface area contributed by atoms with Crippen molar-refractivity contribution in [2.24, 2.45) is 0 Å². The van der Waals surface area contributed by atoms with Crippen molar-refractivity contribution in [1.82, 2.24) is 5.32 Å². The molecular formula is C16H19NO4. The van der Waals surface area contributed by atoms with Crippen LogP contribution in [0.4, 0.5) is 4.79 Å². The van der Waals surface area contributed by atoms with E-state index in [2.05, 4.69) is 5.32 Å². The first-order valence-electron chi connectivity index (χ1n) is 7.02. The first-order valence-corrected chi connectivity index (χ1v) is 7.02. The molecule has 1 aromatic rings. The number of hydrogen-bond donors (Lipinski definition) is 1. The van der Waals surface area contributed by atoms with E-state index in [-0.39, 0.29) is 12.8 Å². The van der Waals surface area contributed by atoms with E-state index in [4.69, 9.17) is 14.2 Å². The van der Waals surface area contributed by atoms with Gasteiger partial charge in [0.2, 0.25) is 6.79 Å². The molecule has 5 nitrogen and oxygen atoms in total. The topological polar surface area (TPSA) is 56.8 Å². The molecule has 1 aliphatic carbocycles. The zero-order chi connectivity index (χ0) is 15.0. The zero-order valence-electron chi connectivity index (χ0n) is 12.4. The Balaban J connectivity index is 1.81. The first-order chi connectivity index (χ1) is 9.92. The number of carbonyl (C=O) groups excluding carboxylic acids is 1. The predicted octanol–water partition coefficient (Wildman–Crippen LogP) is 3.40. The van der Waals surface area contributed by atoms with Gasteiger partial charge in [-0.05, 0) is 50.5 Å². The van der Waals surface area contributed by atoms with Crippen LogP contribution in [0.2, 0.25) is 0 Å². The molecule has 1 atom stereocenters. The minimum atomic E-state index is -0.508. The van der Waals surface area contributed by atoms with Crippen molar-refractivity contribution in [3.63, 3.8) is 0 Å².